The van der Waals surface area contributed by atoms with Crippen molar-refractivity contribution in [1.82, 2.24) is 0 Å². The zero-order chi connectivity index (χ0) is 13.4. The fourth-order valence-electron chi connectivity index (χ4n) is 1.19. The molecule has 0 heterocycles. The van der Waals surface area contributed by atoms with Gasteiger partial charge < -0.3 is 5.73 Å². The number of halogens is 5. The van der Waals surface area contributed by atoms with Crippen molar-refractivity contribution in [2.24, 2.45) is 5.73 Å². The molecule has 0 aliphatic heterocycles. The van der Waals surface area contributed by atoms with E-state index >= 15 is 0 Å². The van der Waals surface area contributed by atoms with E-state index in [0.717, 1.165) is 0 Å². The van der Waals surface area contributed by atoms with Gasteiger partial charge in [-0.1, -0.05) is 0 Å². The molecule has 1 rings (SSSR count). The molecule has 0 aliphatic rings. The van der Waals surface area contributed by atoms with Crippen LogP contribution in [0.15, 0.2) is 18.2 Å². The quantitative estimate of drug-likeness (QED) is 0.809. The Labute approximate surface area is 93.2 Å². The van der Waals surface area contributed by atoms with Crippen LogP contribution < -0.4 is 5.73 Å². The maximum atomic E-state index is 12.9. The molecule has 0 atom stereocenters. The van der Waals surface area contributed by atoms with Crippen molar-refractivity contribution in [2.75, 3.05) is 0 Å². The first-order chi connectivity index (χ1) is 7.51. The van der Waals surface area contributed by atoms with E-state index in [-0.39, 0.29) is 0 Å². The van der Waals surface area contributed by atoms with Gasteiger partial charge in [0.15, 0.2) is 0 Å². The number of amides is 1. The van der Waals surface area contributed by atoms with Crippen LogP contribution in [0.2, 0.25) is 0 Å². The average molecular weight is 253 g/mol. The van der Waals surface area contributed by atoms with E-state index in [1.165, 1.54) is 0 Å². The molecule has 0 radical (unpaired) electrons. The molecule has 1 aromatic carbocycles. The molecular formula is C10H8F5NO. The predicted octanol–water partition coefficient (Wildman–Crippen LogP) is 2.92. The third-order valence-corrected chi connectivity index (χ3v) is 2.05. The summed E-state index contributed by atoms with van der Waals surface area (Å²) >= 11 is 0. The molecule has 0 saturated heterocycles. The summed E-state index contributed by atoms with van der Waals surface area (Å²) in [7, 11) is 0. The van der Waals surface area contributed by atoms with Crippen molar-refractivity contribution in [3.63, 3.8) is 0 Å². The Hall–Kier alpha value is -1.66. The van der Waals surface area contributed by atoms with Crippen LogP contribution >= 0.6 is 0 Å². The van der Waals surface area contributed by atoms with Crippen LogP contribution in [-0.2, 0) is 12.1 Å². The minimum absolute atomic E-state index is 0.298. The highest BCUT2D eigenvalue weighted by Crippen LogP contribution is 2.35. The number of benzene rings is 1. The van der Waals surface area contributed by atoms with Gasteiger partial charge in [0.05, 0.1) is 5.56 Å². The average Bonchev–Trinajstić information content (AvgIpc) is 2.14. The largest absolute Gasteiger partial charge is 0.416 e. The van der Waals surface area contributed by atoms with E-state index in [1.54, 1.807) is 0 Å². The van der Waals surface area contributed by atoms with E-state index < -0.39 is 34.7 Å². The number of primary amides is 1. The van der Waals surface area contributed by atoms with E-state index in [9.17, 15) is 26.7 Å². The summed E-state index contributed by atoms with van der Waals surface area (Å²) in [5, 5.41) is 0. The zero-order valence-corrected chi connectivity index (χ0v) is 8.61. The second kappa shape index (κ2) is 3.97. The van der Waals surface area contributed by atoms with Crippen molar-refractivity contribution in [3.8, 4) is 0 Å². The number of carbonyl (C=O) groups excluding carboxylic acids is 1. The highest BCUT2D eigenvalue weighted by molar-refractivity contribution is 5.93. The zero-order valence-electron chi connectivity index (χ0n) is 8.61. The van der Waals surface area contributed by atoms with E-state index in [2.05, 4.69) is 0 Å². The minimum atomic E-state index is -4.81. The molecule has 94 valence electrons. The van der Waals surface area contributed by atoms with Crippen molar-refractivity contribution < 1.29 is 26.7 Å². The van der Waals surface area contributed by atoms with Gasteiger partial charge in [-0.3, -0.25) is 4.79 Å². The summed E-state index contributed by atoms with van der Waals surface area (Å²) in [4.78, 5) is 10.8. The summed E-state index contributed by atoms with van der Waals surface area (Å²) in [5.41, 5.74) is 1.96. The predicted molar refractivity (Wildman–Crippen MR) is 49.5 cm³/mol. The fraction of sp³-hybridized carbons (Fsp3) is 0.300. The summed E-state index contributed by atoms with van der Waals surface area (Å²) in [5.74, 6) is -4.67. The Bertz CT molecular complexity index is 415. The number of alkyl halides is 5. The summed E-state index contributed by atoms with van der Waals surface area (Å²) in [6.45, 7) is 0.438. The lowest BCUT2D eigenvalue weighted by Crippen LogP contribution is -2.17. The lowest BCUT2D eigenvalue weighted by atomic mass is 10.0. The molecule has 1 amide bonds. The van der Waals surface area contributed by atoms with Crippen LogP contribution in [0.5, 0.6) is 0 Å². The van der Waals surface area contributed by atoms with Gasteiger partial charge in [-0.25, -0.2) is 8.78 Å². The highest BCUT2D eigenvalue weighted by atomic mass is 19.4. The molecule has 0 aromatic heterocycles. The van der Waals surface area contributed by atoms with E-state index in [4.69, 9.17) is 5.73 Å². The minimum Gasteiger partial charge on any atom is -0.366 e. The molecule has 1 aromatic rings. The van der Waals surface area contributed by atoms with Crippen LogP contribution in [-0.4, -0.2) is 5.91 Å². The second-order valence-electron chi connectivity index (χ2n) is 3.55. The van der Waals surface area contributed by atoms with Crippen LogP contribution in [0.4, 0.5) is 22.0 Å². The lowest BCUT2D eigenvalue weighted by Gasteiger charge is -2.15. The smallest absolute Gasteiger partial charge is 0.366 e. The number of hydrogen-bond acceptors (Lipinski definition) is 1. The third kappa shape index (κ3) is 3.15. The van der Waals surface area contributed by atoms with Gasteiger partial charge >= 0.3 is 6.18 Å². The molecule has 0 unspecified atom stereocenters. The highest BCUT2D eigenvalue weighted by Gasteiger charge is 2.34. The van der Waals surface area contributed by atoms with Gasteiger partial charge in [0.1, 0.15) is 0 Å². The maximum absolute atomic E-state index is 12.9. The molecule has 2 N–H and O–H groups in total. The number of rotatable bonds is 2. The fourth-order valence-corrected chi connectivity index (χ4v) is 1.19. The van der Waals surface area contributed by atoms with Gasteiger partial charge in [0.25, 0.3) is 5.92 Å². The molecule has 7 heteroatoms. The third-order valence-electron chi connectivity index (χ3n) is 2.05. The van der Waals surface area contributed by atoms with Crippen LogP contribution in [0.1, 0.15) is 28.4 Å². The Kier molecular flexibility index (Phi) is 3.13. The van der Waals surface area contributed by atoms with E-state index in [1.807, 2.05) is 0 Å². The first-order valence-corrected chi connectivity index (χ1v) is 4.42. The van der Waals surface area contributed by atoms with Crippen molar-refractivity contribution in [2.45, 2.75) is 19.0 Å². The monoisotopic (exact) mass is 253 g/mol. The number of hydrogen-bond donors (Lipinski definition) is 1. The Balaban J connectivity index is 3.45. The summed E-state index contributed by atoms with van der Waals surface area (Å²) < 4.78 is 63.1. The summed E-state index contributed by atoms with van der Waals surface area (Å²) in [6, 6.07) is 1.39. The van der Waals surface area contributed by atoms with Gasteiger partial charge in [-0.15, -0.1) is 0 Å². The SMILES string of the molecule is CC(F)(F)c1cc(C(N)=O)cc(C(F)(F)F)c1. The number of nitrogens with two attached hydrogens (primary N) is 1. The maximum Gasteiger partial charge on any atom is 0.416 e. The molecule has 0 aliphatic carbocycles. The molecule has 0 spiro atoms. The van der Waals surface area contributed by atoms with Crippen molar-refractivity contribution in [3.05, 3.63) is 34.9 Å². The Morgan fingerprint density at radius 2 is 1.53 bits per heavy atom. The first kappa shape index (κ1) is 13.4. The molecule has 0 bridgehead atoms. The van der Waals surface area contributed by atoms with Crippen molar-refractivity contribution in [1.29, 1.82) is 0 Å². The van der Waals surface area contributed by atoms with Gasteiger partial charge in [0.2, 0.25) is 5.91 Å². The van der Waals surface area contributed by atoms with Gasteiger partial charge in [-0.2, -0.15) is 13.2 Å². The molecule has 2 nitrogen and oxygen atoms in total. The van der Waals surface area contributed by atoms with Gasteiger partial charge in [-0.05, 0) is 18.2 Å². The van der Waals surface area contributed by atoms with Gasteiger partial charge in [0, 0.05) is 18.1 Å². The van der Waals surface area contributed by atoms with Crippen LogP contribution in [0.25, 0.3) is 0 Å². The Morgan fingerprint density at radius 3 is 1.88 bits per heavy atom. The summed E-state index contributed by atoms with van der Waals surface area (Å²) in [6.07, 6.45) is -4.81. The van der Waals surface area contributed by atoms with Crippen LogP contribution in [0.3, 0.4) is 0 Å². The first-order valence-electron chi connectivity index (χ1n) is 4.42. The normalized spacial score (nSPS) is 12.6. The molecular weight excluding hydrogens is 245 g/mol. The number of carbonyl (C=O) groups is 1. The molecule has 0 saturated carbocycles. The Morgan fingerprint density at radius 1 is 1.06 bits per heavy atom. The molecule has 17 heavy (non-hydrogen) atoms. The van der Waals surface area contributed by atoms with E-state index in [0.29, 0.717) is 25.1 Å². The van der Waals surface area contributed by atoms with Crippen molar-refractivity contribution >= 4 is 5.91 Å². The molecule has 0 fully saturated rings. The van der Waals surface area contributed by atoms with Crippen LogP contribution in [0, 0.1) is 0 Å². The lowest BCUT2D eigenvalue weighted by molar-refractivity contribution is -0.137. The standard InChI is InChI=1S/C10H8F5NO/c1-9(11,12)6-2-5(8(16)17)3-7(4-6)10(13,14)15/h2-4H,1H3,(H2,16,17). The topological polar surface area (TPSA) is 43.1 Å². The second-order valence-corrected chi connectivity index (χ2v) is 3.55.